The third-order valence-electron chi connectivity index (χ3n) is 1.93. The van der Waals surface area contributed by atoms with Crippen LogP contribution in [0.2, 0.25) is 0 Å². The zero-order chi connectivity index (χ0) is 12.0. The fourth-order valence-electron chi connectivity index (χ4n) is 1.15. The summed E-state index contributed by atoms with van der Waals surface area (Å²) in [6, 6.07) is 8.98. The molecule has 0 amide bonds. The molecule has 94 valence electrons. The Hall–Kier alpha value is -1.92. The van der Waals surface area contributed by atoms with Crippen molar-refractivity contribution in [1.29, 1.82) is 0 Å². The van der Waals surface area contributed by atoms with Crippen molar-refractivity contribution in [3.8, 4) is 0 Å². The van der Waals surface area contributed by atoms with Crippen molar-refractivity contribution in [3.05, 3.63) is 35.9 Å². The minimum atomic E-state index is -1.31. The normalized spacial score (nSPS) is 11.3. The van der Waals surface area contributed by atoms with Gasteiger partial charge in [-0.25, -0.2) is 4.79 Å². The Kier molecular flexibility index (Phi) is 6.54. The number of carboxylic acids is 2. The Balaban J connectivity index is 0.00000256. The highest BCUT2D eigenvalue weighted by atomic mass is 16.5. The fourth-order valence-corrected chi connectivity index (χ4v) is 1.15. The third-order valence-corrected chi connectivity index (χ3v) is 1.93. The van der Waals surface area contributed by atoms with E-state index in [9.17, 15) is 9.59 Å². The maximum Gasteiger partial charge on any atom is 0.333 e. The van der Waals surface area contributed by atoms with Crippen LogP contribution >= 0.6 is 0 Å². The van der Waals surface area contributed by atoms with Crippen LogP contribution < -0.4 is 0 Å². The van der Waals surface area contributed by atoms with Crippen LogP contribution in [0.1, 0.15) is 12.0 Å². The van der Waals surface area contributed by atoms with E-state index in [1.54, 1.807) is 24.3 Å². The van der Waals surface area contributed by atoms with Crippen molar-refractivity contribution < 1.29 is 30.0 Å². The topological polar surface area (TPSA) is 115 Å². The first kappa shape index (κ1) is 15.1. The van der Waals surface area contributed by atoms with E-state index in [2.05, 4.69) is 0 Å². The summed E-state index contributed by atoms with van der Waals surface area (Å²) in [6.45, 7) is 0.0884. The predicted molar refractivity (Wildman–Crippen MR) is 58.5 cm³/mol. The molecule has 17 heavy (non-hydrogen) atoms. The van der Waals surface area contributed by atoms with Gasteiger partial charge in [-0.15, -0.1) is 0 Å². The van der Waals surface area contributed by atoms with Crippen LogP contribution in [0.4, 0.5) is 0 Å². The SMILES string of the molecule is O.O=C(O)CC(OCc1ccccc1)C(=O)O. The minimum absolute atomic E-state index is 0. The number of carbonyl (C=O) groups is 2. The van der Waals surface area contributed by atoms with Crippen LogP contribution in [0.5, 0.6) is 0 Å². The summed E-state index contributed by atoms with van der Waals surface area (Å²) < 4.78 is 5.02. The minimum Gasteiger partial charge on any atom is -0.481 e. The fraction of sp³-hybridized carbons (Fsp3) is 0.273. The lowest BCUT2D eigenvalue weighted by Crippen LogP contribution is -2.26. The molecule has 1 aromatic rings. The van der Waals surface area contributed by atoms with Crippen LogP contribution in [0.15, 0.2) is 30.3 Å². The standard InChI is InChI=1S/C11H12O5.H2O/c12-10(13)6-9(11(14)15)16-7-8-4-2-1-3-5-8;/h1-5,9H,6-7H2,(H,12,13)(H,14,15);1H2. The van der Waals surface area contributed by atoms with Gasteiger partial charge in [0.1, 0.15) is 0 Å². The van der Waals surface area contributed by atoms with Gasteiger partial charge in [-0.3, -0.25) is 4.79 Å². The molecule has 0 aromatic heterocycles. The van der Waals surface area contributed by atoms with E-state index in [1.165, 1.54) is 0 Å². The lowest BCUT2D eigenvalue weighted by atomic mass is 10.2. The van der Waals surface area contributed by atoms with Crippen molar-refractivity contribution >= 4 is 11.9 Å². The highest BCUT2D eigenvalue weighted by Crippen LogP contribution is 2.06. The molecular weight excluding hydrogens is 228 g/mol. The van der Waals surface area contributed by atoms with Crippen molar-refractivity contribution in [3.63, 3.8) is 0 Å². The number of rotatable bonds is 6. The first-order chi connectivity index (χ1) is 7.59. The van der Waals surface area contributed by atoms with Gasteiger partial charge in [0.15, 0.2) is 6.10 Å². The summed E-state index contributed by atoms with van der Waals surface area (Å²) >= 11 is 0. The zero-order valence-electron chi connectivity index (χ0n) is 9.00. The van der Waals surface area contributed by atoms with Gasteiger partial charge in [0.05, 0.1) is 13.0 Å². The van der Waals surface area contributed by atoms with Gasteiger partial charge in [0.25, 0.3) is 0 Å². The Morgan fingerprint density at radius 3 is 2.24 bits per heavy atom. The van der Waals surface area contributed by atoms with Crippen LogP contribution in [-0.4, -0.2) is 33.7 Å². The molecule has 1 unspecified atom stereocenters. The Labute approximate surface area is 97.8 Å². The molecule has 0 bridgehead atoms. The molecule has 6 nitrogen and oxygen atoms in total. The number of ether oxygens (including phenoxy) is 1. The van der Waals surface area contributed by atoms with Crippen molar-refractivity contribution in [1.82, 2.24) is 0 Å². The molecule has 0 radical (unpaired) electrons. The smallest absolute Gasteiger partial charge is 0.333 e. The van der Waals surface area contributed by atoms with E-state index in [0.717, 1.165) is 5.56 Å². The number of benzene rings is 1. The summed E-state index contributed by atoms with van der Waals surface area (Å²) in [5.74, 6) is -2.46. The quantitative estimate of drug-likeness (QED) is 0.744. The first-order valence-electron chi connectivity index (χ1n) is 4.69. The molecule has 0 aliphatic carbocycles. The second kappa shape index (κ2) is 7.37. The molecule has 1 aromatic carbocycles. The van der Waals surface area contributed by atoms with Gasteiger partial charge in [0, 0.05) is 0 Å². The maximum atomic E-state index is 10.7. The third kappa shape index (κ3) is 5.64. The second-order valence-corrected chi connectivity index (χ2v) is 3.22. The van der Waals surface area contributed by atoms with E-state index >= 15 is 0 Å². The highest BCUT2D eigenvalue weighted by Gasteiger charge is 2.21. The molecular formula is C11H14O6. The van der Waals surface area contributed by atoms with Crippen LogP contribution in [0.3, 0.4) is 0 Å². The lowest BCUT2D eigenvalue weighted by molar-refractivity contribution is -0.157. The van der Waals surface area contributed by atoms with Crippen molar-refractivity contribution in [2.45, 2.75) is 19.1 Å². The molecule has 6 heteroatoms. The zero-order valence-corrected chi connectivity index (χ0v) is 9.00. The first-order valence-corrected chi connectivity index (χ1v) is 4.69. The molecule has 0 aliphatic heterocycles. The molecule has 0 saturated heterocycles. The van der Waals surface area contributed by atoms with Crippen LogP contribution in [0.25, 0.3) is 0 Å². The van der Waals surface area contributed by atoms with Crippen LogP contribution in [-0.2, 0) is 20.9 Å². The Bertz CT molecular complexity index is 361. The van der Waals surface area contributed by atoms with Gasteiger partial charge >= 0.3 is 11.9 Å². The van der Waals surface area contributed by atoms with E-state index in [1.807, 2.05) is 6.07 Å². The monoisotopic (exact) mass is 242 g/mol. The lowest BCUT2D eigenvalue weighted by Gasteiger charge is -2.11. The number of carboxylic acid groups (broad SMARTS) is 2. The summed E-state index contributed by atoms with van der Waals surface area (Å²) in [6.07, 6.45) is -1.85. The molecule has 4 N–H and O–H groups in total. The summed E-state index contributed by atoms with van der Waals surface area (Å²) in [4.78, 5) is 21.1. The van der Waals surface area contributed by atoms with E-state index in [0.29, 0.717) is 0 Å². The number of hydrogen-bond acceptors (Lipinski definition) is 3. The van der Waals surface area contributed by atoms with Gasteiger partial charge in [-0.1, -0.05) is 30.3 Å². The number of hydrogen-bond donors (Lipinski definition) is 2. The van der Waals surface area contributed by atoms with Gasteiger partial charge in [0.2, 0.25) is 0 Å². The van der Waals surface area contributed by atoms with E-state index in [4.69, 9.17) is 14.9 Å². The summed E-state index contributed by atoms with van der Waals surface area (Å²) in [7, 11) is 0. The van der Waals surface area contributed by atoms with E-state index in [-0.39, 0.29) is 12.1 Å². The average Bonchev–Trinajstić information content (AvgIpc) is 2.25. The molecule has 0 aliphatic rings. The Morgan fingerprint density at radius 2 is 1.76 bits per heavy atom. The van der Waals surface area contributed by atoms with Gasteiger partial charge in [-0.2, -0.15) is 0 Å². The Morgan fingerprint density at radius 1 is 1.18 bits per heavy atom. The second-order valence-electron chi connectivity index (χ2n) is 3.22. The molecule has 1 rings (SSSR count). The van der Waals surface area contributed by atoms with Crippen molar-refractivity contribution in [2.75, 3.05) is 0 Å². The molecule has 0 saturated carbocycles. The van der Waals surface area contributed by atoms with Crippen molar-refractivity contribution in [2.24, 2.45) is 0 Å². The molecule has 1 atom stereocenters. The molecule has 0 heterocycles. The van der Waals surface area contributed by atoms with E-state index < -0.39 is 24.5 Å². The average molecular weight is 242 g/mol. The largest absolute Gasteiger partial charge is 0.481 e. The highest BCUT2D eigenvalue weighted by molar-refractivity contribution is 5.79. The maximum absolute atomic E-state index is 10.7. The van der Waals surface area contributed by atoms with Crippen LogP contribution in [0, 0.1) is 0 Å². The predicted octanol–water partition coefficient (Wildman–Crippen LogP) is 0.306. The summed E-state index contributed by atoms with van der Waals surface area (Å²) in [5.41, 5.74) is 0.805. The molecule has 0 spiro atoms. The van der Waals surface area contributed by atoms with Gasteiger partial charge < -0.3 is 20.4 Å². The van der Waals surface area contributed by atoms with Gasteiger partial charge in [-0.05, 0) is 5.56 Å². The molecule has 0 fully saturated rings. The summed E-state index contributed by atoms with van der Waals surface area (Å²) in [5, 5.41) is 17.2. The number of aliphatic carboxylic acids is 2.